The zero-order valence-electron chi connectivity index (χ0n) is 7.21. The second-order valence-corrected chi connectivity index (χ2v) is 3.19. The highest BCUT2D eigenvalue weighted by Crippen LogP contribution is 2.08. The van der Waals surface area contributed by atoms with E-state index in [1.165, 1.54) is 12.8 Å². The molecule has 2 N–H and O–H groups in total. The van der Waals surface area contributed by atoms with Crippen LogP contribution in [0.2, 0.25) is 0 Å². The number of aliphatic hydroxyl groups is 1. The molecule has 3 nitrogen and oxygen atoms in total. The molecule has 0 radical (unpaired) electrons. The van der Waals surface area contributed by atoms with Gasteiger partial charge in [0.1, 0.15) is 0 Å². The van der Waals surface area contributed by atoms with Gasteiger partial charge in [-0.1, -0.05) is 0 Å². The third-order valence-electron chi connectivity index (χ3n) is 2.38. The van der Waals surface area contributed by atoms with E-state index in [1.807, 2.05) is 0 Å². The van der Waals surface area contributed by atoms with Crippen LogP contribution in [-0.4, -0.2) is 49.3 Å². The average molecular weight is 158 g/mol. The maximum atomic E-state index is 8.71. The minimum absolute atomic E-state index is 0.278. The summed E-state index contributed by atoms with van der Waals surface area (Å²) in [5.41, 5.74) is 0. The Kier molecular flexibility index (Phi) is 3.83. The summed E-state index contributed by atoms with van der Waals surface area (Å²) in [7, 11) is 2.09. The number of aliphatic hydroxyl groups excluding tert-OH is 1. The molecule has 1 fully saturated rings. The average Bonchev–Trinajstić information content (AvgIpc) is 2.07. The summed E-state index contributed by atoms with van der Waals surface area (Å²) in [5, 5.41) is 12.0. The van der Waals surface area contributed by atoms with Crippen LogP contribution < -0.4 is 5.32 Å². The normalized spacial score (nSPS) is 21.0. The molecule has 66 valence electrons. The van der Waals surface area contributed by atoms with E-state index >= 15 is 0 Å². The first kappa shape index (κ1) is 8.97. The Morgan fingerprint density at radius 3 is 2.64 bits per heavy atom. The van der Waals surface area contributed by atoms with Gasteiger partial charge in [0, 0.05) is 12.6 Å². The topological polar surface area (TPSA) is 35.5 Å². The molecule has 0 aromatic rings. The van der Waals surface area contributed by atoms with Gasteiger partial charge >= 0.3 is 0 Å². The lowest BCUT2D eigenvalue weighted by atomic mass is 10.1. The Hall–Kier alpha value is -0.120. The number of nitrogens with zero attached hydrogens (tertiary/aromatic N) is 1. The van der Waals surface area contributed by atoms with E-state index in [4.69, 9.17) is 5.11 Å². The molecular formula is C8H18N2O. The zero-order valence-corrected chi connectivity index (χ0v) is 7.21. The number of rotatable bonds is 3. The van der Waals surface area contributed by atoms with Crippen LogP contribution in [0, 0.1) is 0 Å². The monoisotopic (exact) mass is 158 g/mol. The highest BCUT2D eigenvalue weighted by atomic mass is 16.3. The van der Waals surface area contributed by atoms with Crippen molar-refractivity contribution in [2.45, 2.75) is 18.9 Å². The van der Waals surface area contributed by atoms with Crippen LogP contribution in [0.1, 0.15) is 12.8 Å². The molecule has 0 aliphatic carbocycles. The van der Waals surface area contributed by atoms with E-state index in [-0.39, 0.29) is 6.61 Å². The fourth-order valence-electron chi connectivity index (χ4n) is 1.59. The van der Waals surface area contributed by atoms with Crippen molar-refractivity contribution >= 4 is 0 Å². The molecule has 0 atom stereocenters. The number of hydrogen-bond acceptors (Lipinski definition) is 3. The first-order chi connectivity index (χ1) is 5.34. The predicted molar refractivity (Wildman–Crippen MR) is 45.6 cm³/mol. The smallest absolute Gasteiger partial charge is 0.0558 e. The van der Waals surface area contributed by atoms with Crippen LogP contribution in [-0.2, 0) is 0 Å². The third-order valence-corrected chi connectivity index (χ3v) is 2.38. The second kappa shape index (κ2) is 4.70. The molecular weight excluding hydrogens is 140 g/mol. The van der Waals surface area contributed by atoms with Crippen molar-refractivity contribution in [1.29, 1.82) is 0 Å². The summed E-state index contributed by atoms with van der Waals surface area (Å²) in [6.07, 6.45) is 2.44. The van der Waals surface area contributed by atoms with E-state index in [2.05, 4.69) is 17.3 Å². The zero-order chi connectivity index (χ0) is 8.10. The first-order valence-electron chi connectivity index (χ1n) is 4.36. The molecule has 1 heterocycles. The molecule has 1 rings (SSSR count). The summed E-state index contributed by atoms with van der Waals surface area (Å²) in [5.74, 6) is 0. The van der Waals surface area contributed by atoms with Gasteiger partial charge in [0.2, 0.25) is 0 Å². The first-order valence-corrected chi connectivity index (χ1v) is 4.36. The van der Waals surface area contributed by atoms with Crippen LogP contribution in [0.3, 0.4) is 0 Å². The maximum absolute atomic E-state index is 8.71. The fraction of sp³-hybridized carbons (Fsp3) is 1.00. The van der Waals surface area contributed by atoms with Crippen LogP contribution in [0.4, 0.5) is 0 Å². The summed E-state index contributed by atoms with van der Waals surface area (Å²) >= 11 is 0. The van der Waals surface area contributed by atoms with Crippen molar-refractivity contribution in [3.63, 3.8) is 0 Å². The van der Waals surface area contributed by atoms with Crippen molar-refractivity contribution in [3.8, 4) is 0 Å². The molecule has 0 saturated carbocycles. The molecule has 0 unspecified atom stereocenters. The molecule has 1 aliphatic rings. The Bertz CT molecular complexity index is 102. The molecule has 0 spiro atoms. The highest BCUT2D eigenvalue weighted by molar-refractivity contribution is 4.75. The lowest BCUT2D eigenvalue weighted by Gasteiger charge is -2.30. The van der Waals surface area contributed by atoms with Crippen molar-refractivity contribution < 1.29 is 5.11 Å². The highest BCUT2D eigenvalue weighted by Gasteiger charge is 2.16. The summed E-state index contributed by atoms with van der Waals surface area (Å²) in [6.45, 7) is 3.34. The van der Waals surface area contributed by atoms with Crippen molar-refractivity contribution in [3.05, 3.63) is 0 Å². The Labute approximate surface area is 68.4 Å². The minimum atomic E-state index is 0.278. The van der Waals surface area contributed by atoms with Crippen LogP contribution >= 0.6 is 0 Å². The molecule has 3 heteroatoms. The number of likely N-dealkylation sites (N-methyl/N-ethyl adjacent to an activating group) is 1. The van der Waals surface area contributed by atoms with Gasteiger partial charge in [0.15, 0.2) is 0 Å². The fourth-order valence-corrected chi connectivity index (χ4v) is 1.59. The van der Waals surface area contributed by atoms with Gasteiger partial charge in [-0.3, -0.25) is 0 Å². The van der Waals surface area contributed by atoms with Crippen LogP contribution in [0.15, 0.2) is 0 Å². The van der Waals surface area contributed by atoms with E-state index in [9.17, 15) is 0 Å². The van der Waals surface area contributed by atoms with Crippen molar-refractivity contribution in [1.82, 2.24) is 10.2 Å². The van der Waals surface area contributed by atoms with Crippen LogP contribution in [0.5, 0.6) is 0 Å². The molecule has 0 amide bonds. The van der Waals surface area contributed by atoms with Gasteiger partial charge in [-0.15, -0.1) is 0 Å². The van der Waals surface area contributed by atoms with Crippen molar-refractivity contribution in [2.24, 2.45) is 0 Å². The number of piperidine rings is 1. The predicted octanol–water partition coefficient (Wildman–Crippen LogP) is -0.338. The molecule has 0 aromatic carbocycles. The van der Waals surface area contributed by atoms with E-state index in [1.54, 1.807) is 0 Å². The molecule has 0 bridgehead atoms. The third kappa shape index (κ3) is 2.77. The summed E-state index contributed by atoms with van der Waals surface area (Å²) in [4.78, 5) is 2.25. The number of nitrogens with one attached hydrogen (secondary N) is 1. The van der Waals surface area contributed by atoms with E-state index < -0.39 is 0 Å². The van der Waals surface area contributed by atoms with Gasteiger partial charge in [-0.05, 0) is 33.0 Å². The minimum Gasteiger partial charge on any atom is -0.395 e. The Morgan fingerprint density at radius 1 is 1.45 bits per heavy atom. The van der Waals surface area contributed by atoms with Gasteiger partial charge < -0.3 is 15.3 Å². The second-order valence-electron chi connectivity index (χ2n) is 3.19. The molecule has 1 aliphatic heterocycles. The van der Waals surface area contributed by atoms with E-state index in [0.29, 0.717) is 6.04 Å². The van der Waals surface area contributed by atoms with Gasteiger partial charge in [0.25, 0.3) is 0 Å². The van der Waals surface area contributed by atoms with Crippen LogP contribution in [0.25, 0.3) is 0 Å². The Balaban J connectivity index is 2.21. The molecule has 0 aromatic heterocycles. The Morgan fingerprint density at radius 2 is 2.09 bits per heavy atom. The van der Waals surface area contributed by atoms with Gasteiger partial charge in [-0.25, -0.2) is 0 Å². The number of hydrogen-bond donors (Lipinski definition) is 2. The largest absolute Gasteiger partial charge is 0.395 e. The summed E-state index contributed by atoms with van der Waals surface area (Å²) in [6, 6.07) is 0.684. The quantitative estimate of drug-likeness (QED) is 0.590. The maximum Gasteiger partial charge on any atom is 0.0558 e. The molecule has 11 heavy (non-hydrogen) atoms. The van der Waals surface area contributed by atoms with Crippen molar-refractivity contribution in [2.75, 3.05) is 33.3 Å². The molecule has 1 saturated heterocycles. The van der Waals surface area contributed by atoms with E-state index in [0.717, 1.165) is 19.6 Å². The standard InChI is InChI=1S/C8H18N2O/c1-10(6-7-11)8-2-4-9-5-3-8/h8-9,11H,2-7H2,1H3. The lowest BCUT2D eigenvalue weighted by molar-refractivity contribution is 0.157. The lowest BCUT2D eigenvalue weighted by Crippen LogP contribution is -2.42. The van der Waals surface area contributed by atoms with Gasteiger partial charge in [-0.2, -0.15) is 0 Å². The SMILES string of the molecule is CN(CCO)C1CCNCC1. The summed E-state index contributed by atoms with van der Waals surface area (Å²) < 4.78 is 0. The van der Waals surface area contributed by atoms with Gasteiger partial charge in [0.05, 0.1) is 6.61 Å².